The summed E-state index contributed by atoms with van der Waals surface area (Å²) in [5.74, 6) is 0.0107. The minimum absolute atomic E-state index is 0.0612. The van der Waals surface area contributed by atoms with Gasteiger partial charge in [0.2, 0.25) is 10.0 Å². The Morgan fingerprint density at radius 2 is 2.00 bits per heavy atom. The molecule has 116 valence electrons. The molecule has 1 heterocycles. The number of hydrogen-bond donors (Lipinski definition) is 2. The largest absolute Gasteiger partial charge is 0.307 e. The quantitative estimate of drug-likeness (QED) is 0.881. The smallest absolute Gasteiger partial charge is 0.257 e. The summed E-state index contributed by atoms with van der Waals surface area (Å²) in [6.07, 6.45) is 1.56. The Kier molecular flexibility index (Phi) is 4.89. The Balaban J connectivity index is 2.33. The van der Waals surface area contributed by atoms with E-state index in [1.165, 1.54) is 12.1 Å². The highest BCUT2D eigenvalue weighted by Gasteiger charge is 2.17. The van der Waals surface area contributed by atoms with E-state index in [9.17, 15) is 13.2 Å². The van der Waals surface area contributed by atoms with Crippen LogP contribution in [0.4, 0.5) is 5.82 Å². The van der Waals surface area contributed by atoms with Crippen molar-refractivity contribution < 1.29 is 13.2 Å². The van der Waals surface area contributed by atoms with Crippen molar-refractivity contribution in [1.29, 1.82) is 0 Å². The molecule has 7 heteroatoms. The van der Waals surface area contributed by atoms with Crippen LogP contribution in [0.5, 0.6) is 0 Å². The molecular formula is C15H17N3O3S. The fraction of sp³-hybridized carbons (Fsp3) is 0.200. The van der Waals surface area contributed by atoms with Gasteiger partial charge in [-0.2, -0.15) is 0 Å². The van der Waals surface area contributed by atoms with Gasteiger partial charge in [0.1, 0.15) is 5.82 Å². The first-order chi connectivity index (χ1) is 10.4. The van der Waals surface area contributed by atoms with Crippen LogP contribution in [0.25, 0.3) is 0 Å². The lowest BCUT2D eigenvalue weighted by molar-refractivity contribution is 0.102. The molecule has 0 aliphatic heterocycles. The number of aromatic nitrogens is 1. The number of anilines is 1. The van der Waals surface area contributed by atoms with Gasteiger partial charge < -0.3 is 5.32 Å². The fourth-order valence-corrected chi connectivity index (χ4v) is 2.97. The summed E-state index contributed by atoms with van der Waals surface area (Å²) in [5, 5.41) is 2.64. The van der Waals surface area contributed by atoms with Crippen molar-refractivity contribution in [1.82, 2.24) is 9.71 Å². The van der Waals surface area contributed by atoms with Crippen LogP contribution in [0.15, 0.2) is 47.5 Å². The minimum Gasteiger partial charge on any atom is -0.307 e. The van der Waals surface area contributed by atoms with Crippen molar-refractivity contribution in [2.75, 3.05) is 11.9 Å². The fourth-order valence-electron chi connectivity index (χ4n) is 1.91. The van der Waals surface area contributed by atoms with Crippen molar-refractivity contribution in [2.24, 2.45) is 0 Å². The second-order valence-corrected chi connectivity index (χ2v) is 6.41. The maximum absolute atomic E-state index is 12.3. The molecule has 6 nitrogen and oxygen atoms in total. The van der Waals surface area contributed by atoms with Gasteiger partial charge in [0.15, 0.2) is 0 Å². The highest BCUT2D eigenvalue weighted by Crippen LogP contribution is 2.17. The van der Waals surface area contributed by atoms with E-state index < -0.39 is 15.9 Å². The van der Waals surface area contributed by atoms with E-state index in [-0.39, 0.29) is 11.4 Å². The lowest BCUT2D eigenvalue weighted by atomic mass is 10.1. The van der Waals surface area contributed by atoms with Gasteiger partial charge >= 0.3 is 0 Å². The molecular weight excluding hydrogens is 302 g/mol. The molecule has 22 heavy (non-hydrogen) atoms. The van der Waals surface area contributed by atoms with E-state index >= 15 is 0 Å². The van der Waals surface area contributed by atoms with Crippen molar-refractivity contribution in [2.45, 2.75) is 18.7 Å². The zero-order valence-electron chi connectivity index (χ0n) is 12.3. The molecule has 0 bridgehead atoms. The van der Waals surface area contributed by atoms with Crippen molar-refractivity contribution in [3.8, 4) is 0 Å². The minimum atomic E-state index is -3.60. The van der Waals surface area contributed by atoms with E-state index in [2.05, 4.69) is 15.0 Å². The Morgan fingerprint density at radius 1 is 1.23 bits per heavy atom. The highest BCUT2D eigenvalue weighted by molar-refractivity contribution is 7.89. The van der Waals surface area contributed by atoms with E-state index in [0.717, 1.165) is 0 Å². The maximum atomic E-state index is 12.3. The van der Waals surface area contributed by atoms with Gasteiger partial charge in [-0.05, 0) is 36.8 Å². The third-order valence-electron chi connectivity index (χ3n) is 3.00. The number of aryl methyl sites for hydroxylation is 1. The summed E-state index contributed by atoms with van der Waals surface area (Å²) >= 11 is 0. The van der Waals surface area contributed by atoms with Gasteiger partial charge in [0.25, 0.3) is 5.91 Å². The first-order valence-electron chi connectivity index (χ1n) is 6.76. The Bertz CT molecular complexity index is 774. The first-order valence-corrected chi connectivity index (χ1v) is 8.25. The Morgan fingerprint density at radius 3 is 2.64 bits per heavy atom. The molecule has 2 N–H and O–H groups in total. The third-order valence-corrected chi connectivity index (χ3v) is 4.55. The van der Waals surface area contributed by atoms with Crippen LogP contribution in [-0.4, -0.2) is 25.9 Å². The lowest BCUT2D eigenvalue weighted by Gasteiger charge is -2.10. The van der Waals surface area contributed by atoms with Gasteiger partial charge in [-0.3, -0.25) is 4.79 Å². The van der Waals surface area contributed by atoms with E-state index in [4.69, 9.17) is 0 Å². The van der Waals surface area contributed by atoms with Crippen LogP contribution in [0.1, 0.15) is 22.8 Å². The number of nitrogens with zero attached hydrogens (tertiary/aromatic N) is 1. The number of pyridine rings is 1. The maximum Gasteiger partial charge on any atom is 0.257 e. The standard InChI is InChI=1S/C15H17N3O3S/c1-3-17-22(20,21)12-8-7-11(2)13(10-12)15(19)18-14-6-4-5-9-16-14/h4-10,17H,3H2,1-2H3,(H,16,18,19). The number of carbonyl (C=O) groups excluding carboxylic acids is 1. The normalized spacial score (nSPS) is 11.2. The summed E-state index contributed by atoms with van der Waals surface area (Å²) < 4.78 is 26.4. The molecule has 1 aromatic heterocycles. The number of nitrogens with one attached hydrogen (secondary N) is 2. The van der Waals surface area contributed by atoms with Gasteiger partial charge in [-0.15, -0.1) is 0 Å². The average Bonchev–Trinajstić information content (AvgIpc) is 2.48. The molecule has 0 spiro atoms. The molecule has 0 saturated heterocycles. The Labute approximate surface area is 129 Å². The van der Waals surface area contributed by atoms with Crippen LogP contribution in [0, 0.1) is 6.92 Å². The van der Waals surface area contributed by atoms with E-state index in [1.54, 1.807) is 44.3 Å². The van der Waals surface area contributed by atoms with Gasteiger partial charge in [0.05, 0.1) is 4.90 Å². The molecule has 0 radical (unpaired) electrons. The number of sulfonamides is 1. The van der Waals surface area contributed by atoms with E-state index in [0.29, 0.717) is 16.9 Å². The first kappa shape index (κ1) is 16.1. The van der Waals surface area contributed by atoms with Crippen LogP contribution in [0.2, 0.25) is 0 Å². The van der Waals surface area contributed by atoms with E-state index in [1.807, 2.05) is 0 Å². The number of rotatable bonds is 5. The van der Waals surface area contributed by atoms with Crippen LogP contribution in [-0.2, 0) is 10.0 Å². The van der Waals surface area contributed by atoms with Gasteiger partial charge in [-0.1, -0.05) is 19.1 Å². The van der Waals surface area contributed by atoms with Crippen LogP contribution in [0.3, 0.4) is 0 Å². The molecule has 2 aromatic rings. The summed E-state index contributed by atoms with van der Waals surface area (Å²) in [6, 6.07) is 9.60. The van der Waals surface area contributed by atoms with Crippen LogP contribution < -0.4 is 10.0 Å². The molecule has 0 atom stereocenters. The second-order valence-electron chi connectivity index (χ2n) is 4.65. The molecule has 0 aliphatic rings. The molecule has 0 unspecified atom stereocenters. The molecule has 1 aromatic carbocycles. The summed E-state index contributed by atoms with van der Waals surface area (Å²) in [6.45, 7) is 3.73. The summed E-state index contributed by atoms with van der Waals surface area (Å²) in [7, 11) is -3.60. The molecule has 0 aliphatic carbocycles. The molecule has 2 rings (SSSR count). The topological polar surface area (TPSA) is 88.2 Å². The summed E-state index contributed by atoms with van der Waals surface area (Å²) in [5.41, 5.74) is 0.980. The molecule has 1 amide bonds. The number of amides is 1. The number of carbonyl (C=O) groups is 1. The van der Waals surface area contributed by atoms with Crippen molar-refractivity contribution in [3.63, 3.8) is 0 Å². The number of hydrogen-bond acceptors (Lipinski definition) is 4. The van der Waals surface area contributed by atoms with Gasteiger partial charge in [0, 0.05) is 18.3 Å². The lowest BCUT2D eigenvalue weighted by Crippen LogP contribution is -2.24. The average molecular weight is 319 g/mol. The predicted molar refractivity (Wildman–Crippen MR) is 84.2 cm³/mol. The SMILES string of the molecule is CCNS(=O)(=O)c1ccc(C)c(C(=O)Nc2ccccn2)c1. The zero-order valence-corrected chi connectivity index (χ0v) is 13.1. The van der Waals surface area contributed by atoms with Crippen molar-refractivity contribution >= 4 is 21.7 Å². The van der Waals surface area contributed by atoms with Crippen molar-refractivity contribution in [3.05, 3.63) is 53.7 Å². The predicted octanol–water partition coefficient (Wildman–Crippen LogP) is 1.94. The number of benzene rings is 1. The monoisotopic (exact) mass is 319 g/mol. The Hall–Kier alpha value is -2.25. The summed E-state index contributed by atoms with van der Waals surface area (Å²) in [4.78, 5) is 16.4. The van der Waals surface area contributed by atoms with Gasteiger partial charge in [-0.25, -0.2) is 18.1 Å². The molecule has 0 saturated carbocycles. The highest BCUT2D eigenvalue weighted by atomic mass is 32.2. The van der Waals surface area contributed by atoms with Crippen LogP contribution >= 0.6 is 0 Å². The zero-order chi connectivity index (χ0) is 16.2. The third kappa shape index (κ3) is 3.69. The molecule has 0 fully saturated rings. The second kappa shape index (κ2) is 6.67.